The monoisotopic (exact) mass is 667 g/mol. The highest BCUT2D eigenvalue weighted by atomic mass is 16.5. The number of esters is 1. The predicted molar refractivity (Wildman–Crippen MR) is 190 cm³/mol. The van der Waals surface area contributed by atoms with Crippen LogP contribution in [0.25, 0.3) is 33.2 Å². The van der Waals surface area contributed by atoms with Gasteiger partial charge >= 0.3 is 12.0 Å². The molecule has 1 N–H and O–H groups in total. The number of rotatable bonds is 8. The van der Waals surface area contributed by atoms with Gasteiger partial charge < -0.3 is 23.9 Å². The lowest BCUT2D eigenvalue weighted by molar-refractivity contribution is -0.149. The number of benzene rings is 3. The minimum Gasteiger partial charge on any atom is -0.461 e. The molecule has 3 amide bonds. The van der Waals surface area contributed by atoms with Crippen LogP contribution in [0.15, 0.2) is 128 Å². The van der Waals surface area contributed by atoms with Crippen LogP contribution in [-0.4, -0.2) is 56.7 Å². The largest absolute Gasteiger partial charge is 0.461 e. The van der Waals surface area contributed by atoms with Gasteiger partial charge in [-0.3, -0.25) is 19.5 Å². The predicted octanol–water partition coefficient (Wildman–Crippen LogP) is 6.62. The van der Waals surface area contributed by atoms with Crippen molar-refractivity contribution in [2.45, 2.75) is 32.2 Å². The van der Waals surface area contributed by atoms with E-state index in [0.717, 1.165) is 44.3 Å². The van der Waals surface area contributed by atoms with Crippen molar-refractivity contribution in [3.63, 3.8) is 0 Å². The molecule has 1 atom stereocenters. The van der Waals surface area contributed by atoms with E-state index in [-0.39, 0.29) is 26.1 Å². The molecule has 50 heavy (non-hydrogen) atoms. The number of hydrogen-bond acceptors (Lipinski definition) is 6. The fourth-order valence-corrected chi connectivity index (χ4v) is 6.28. The summed E-state index contributed by atoms with van der Waals surface area (Å²) < 4.78 is 15.2. The Morgan fingerprint density at radius 1 is 0.820 bits per heavy atom. The van der Waals surface area contributed by atoms with Crippen LogP contribution in [0.5, 0.6) is 0 Å². The van der Waals surface area contributed by atoms with Crippen LogP contribution in [0.1, 0.15) is 23.6 Å². The summed E-state index contributed by atoms with van der Waals surface area (Å²) in [5, 5.41) is 3.78. The highest BCUT2D eigenvalue weighted by Gasteiger charge is 2.33. The average molecular weight is 668 g/mol. The van der Waals surface area contributed by atoms with Gasteiger partial charge in [0.05, 0.1) is 26.2 Å². The molecule has 0 saturated heterocycles. The molecule has 3 aromatic heterocycles. The van der Waals surface area contributed by atoms with Crippen LogP contribution >= 0.6 is 0 Å². The molecular weight excluding hydrogens is 630 g/mol. The lowest BCUT2D eigenvalue weighted by atomic mass is 10.0. The Labute approximate surface area is 289 Å². The van der Waals surface area contributed by atoms with E-state index in [0.29, 0.717) is 19.8 Å². The molecule has 1 aliphatic rings. The number of ether oxygens (including phenoxy) is 2. The number of carbonyl (C=O) groups excluding carboxylic acids is 3. The van der Waals surface area contributed by atoms with Crippen LogP contribution in [0.2, 0.25) is 0 Å². The second-order valence-corrected chi connectivity index (χ2v) is 12.2. The van der Waals surface area contributed by atoms with Gasteiger partial charge in [-0.05, 0) is 57.6 Å². The van der Waals surface area contributed by atoms with Gasteiger partial charge in [-0.1, -0.05) is 72.8 Å². The van der Waals surface area contributed by atoms with Gasteiger partial charge in [-0.2, -0.15) is 0 Å². The molecule has 4 heterocycles. The highest BCUT2D eigenvalue weighted by Crippen LogP contribution is 2.29. The third-order valence-corrected chi connectivity index (χ3v) is 8.90. The number of fused-ring (bicyclic) bond motifs is 5. The van der Waals surface area contributed by atoms with E-state index in [1.807, 2.05) is 109 Å². The lowest BCUT2D eigenvalue weighted by Gasteiger charge is -2.27. The minimum atomic E-state index is -1.05. The van der Waals surface area contributed by atoms with Crippen LogP contribution in [0.4, 0.5) is 4.79 Å². The second-order valence-electron chi connectivity index (χ2n) is 12.2. The molecular formula is C40H37N5O5. The fourth-order valence-electron chi connectivity index (χ4n) is 6.28. The first-order valence-electron chi connectivity index (χ1n) is 16.6. The summed E-state index contributed by atoms with van der Waals surface area (Å²) >= 11 is 0. The first-order valence-corrected chi connectivity index (χ1v) is 16.6. The number of para-hydroxylation sites is 1. The molecule has 10 heteroatoms. The first-order chi connectivity index (χ1) is 24.5. The number of nitrogens with one attached hydrogen (secondary N) is 1. The lowest BCUT2D eigenvalue weighted by Crippen LogP contribution is -2.47. The molecule has 6 aromatic rings. The Kier molecular flexibility index (Phi) is 9.79. The van der Waals surface area contributed by atoms with E-state index < -0.39 is 23.9 Å². The molecule has 0 saturated carbocycles. The van der Waals surface area contributed by atoms with E-state index in [2.05, 4.69) is 14.9 Å². The Bertz CT molecular complexity index is 2090. The standard InChI is InChI=1S/C40H37N5O5/c46-38(50-28-29-6-2-1-3-7-29)24-37(43-20-16-33(25-43)31-12-10-30(11-13-31)32-14-17-41-18-15-32)39(47)45-27-34-26-44(36-9-5-4-8-35(34)36)21-23-49-22-19-42-40(45)48/h1-18,20,25-26,37H,19,21-24,27-28H2,(H,42,48)/t37-/m1/s1. The molecule has 0 unspecified atom stereocenters. The van der Waals surface area contributed by atoms with Crippen molar-refractivity contribution < 1.29 is 23.9 Å². The number of amides is 3. The summed E-state index contributed by atoms with van der Waals surface area (Å²) in [6, 6.07) is 29.6. The zero-order valence-electron chi connectivity index (χ0n) is 27.5. The second kappa shape index (κ2) is 15.0. The van der Waals surface area contributed by atoms with Gasteiger partial charge in [0.2, 0.25) is 0 Å². The third-order valence-electron chi connectivity index (χ3n) is 8.90. The van der Waals surface area contributed by atoms with E-state index in [1.54, 1.807) is 23.2 Å². The molecule has 7 rings (SSSR count). The van der Waals surface area contributed by atoms with E-state index >= 15 is 0 Å². The molecule has 3 aromatic carbocycles. The zero-order chi connectivity index (χ0) is 34.3. The number of imide groups is 1. The molecule has 0 aliphatic carbocycles. The molecule has 0 radical (unpaired) electrons. The average Bonchev–Trinajstić information content (AvgIpc) is 3.79. The molecule has 0 spiro atoms. The van der Waals surface area contributed by atoms with Crippen LogP contribution in [-0.2, 0) is 38.8 Å². The number of urea groups is 1. The fraction of sp³-hybridized carbons (Fsp3) is 0.200. The highest BCUT2D eigenvalue weighted by molar-refractivity contribution is 5.98. The van der Waals surface area contributed by atoms with E-state index in [4.69, 9.17) is 9.47 Å². The van der Waals surface area contributed by atoms with Crippen molar-refractivity contribution in [1.29, 1.82) is 0 Å². The summed E-state index contributed by atoms with van der Waals surface area (Å²) in [5.74, 6) is -1.08. The zero-order valence-corrected chi connectivity index (χ0v) is 27.5. The molecule has 2 bridgehead atoms. The first kappa shape index (κ1) is 32.5. The maximum absolute atomic E-state index is 14.6. The summed E-state index contributed by atoms with van der Waals surface area (Å²) in [6.45, 7) is 1.77. The van der Waals surface area contributed by atoms with Crippen molar-refractivity contribution in [2.24, 2.45) is 0 Å². The van der Waals surface area contributed by atoms with Gasteiger partial charge in [0.15, 0.2) is 0 Å². The van der Waals surface area contributed by atoms with Crippen molar-refractivity contribution in [3.05, 3.63) is 139 Å². The quantitative estimate of drug-likeness (QED) is 0.183. The van der Waals surface area contributed by atoms with Crippen molar-refractivity contribution in [3.8, 4) is 22.3 Å². The van der Waals surface area contributed by atoms with Crippen LogP contribution in [0.3, 0.4) is 0 Å². The maximum Gasteiger partial charge on any atom is 0.324 e. The van der Waals surface area contributed by atoms with Gasteiger partial charge in [0, 0.05) is 55.0 Å². The Morgan fingerprint density at radius 2 is 1.54 bits per heavy atom. The van der Waals surface area contributed by atoms with Gasteiger partial charge in [0.25, 0.3) is 5.91 Å². The topological polar surface area (TPSA) is 108 Å². The Hall–Kier alpha value is -6.00. The van der Waals surface area contributed by atoms with E-state index in [9.17, 15) is 14.4 Å². The number of carbonyl (C=O) groups is 3. The van der Waals surface area contributed by atoms with Crippen LogP contribution in [0, 0.1) is 0 Å². The van der Waals surface area contributed by atoms with Gasteiger partial charge in [-0.15, -0.1) is 0 Å². The smallest absolute Gasteiger partial charge is 0.324 e. The number of hydrogen-bond donors (Lipinski definition) is 1. The van der Waals surface area contributed by atoms with E-state index in [1.165, 1.54) is 4.90 Å². The van der Waals surface area contributed by atoms with Gasteiger partial charge in [0.1, 0.15) is 12.6 Å². The molecule has 0 fully saturated rings. The molecule has 10 nitrogen and oxygen atoms in total. The molecule has 1 aliphatic heterocycles. The minimum absolute atomic E-state index is 0.0270. The van der Waals surface area contributed by atoms with Crippen molar-refractivity contribution in [1.82, 2.24) is 24.3 Å². The van der Waals surface area contributed by atoms with Crippen LogP contribution < -0.4 is 5.32 Å². The summed E-state index contributed by atoms with van der Waals surface area (Å²) in [5.41, 5.74) is 6.56. The Balaban J connectivity index is 1.20. The summed E-state index contributed by atoms with van der Waals surface area (Å²) in [6.07, 6.45) is 8.83. The normalized spacial score (nSPS) is 14.3. The number of pyridine rings is 1. The summed E-state index contributed by atoms with van der Waals surface area (Å²) in [7, 11) is 0. The molecule has 252 valence electrons. The number of nitrogens with zero attached hydrogens (tertiary/aromatic N) is 4. The van der Waals surface area contributed by atoms with Gasteiger partial charge in [-0.25, -0.2) is 4.79 Å². The SMILES string of the molecule is O=C(C[C@H](C(=O)N1Cc2cn(c3ccccc23)CCOCCNC1=O)n1ccc(-c2ccc(-c3ccncc3)cc2)c1)OCc1ccccc1. The summed E-state index contributed by atoms with van der Waals surface area (Å²) in [4.78, 5) is 47.0. The van der Waals surface area contributed by atoms with Crippen molar-refractivity contribution >= 4 is 28.8 Å². The Morgan fingerprint density at radius 3 is 2.34 bits per heavy atom. The van der Waals surface area contributed by atoms with Crippen molar-refractivity contribution in [2.75, 3.05) is 19.8 Å². The number of aromatic nitrogens is 3. The third kappa shape index (κ3) is 7.35. The maximum atomic E-state index is 14.6.